The topological polar surface area (TPSA) is 69.4 Å². The van der Waals surface area contributed by atoms with Gasteiger partial charge in [-0.05, 0) is 44.0 Å². The van der Waals surface area contributed by atoms with Gasteiger partial charge in [0.15, 0.2) is 5.65 Å². The average Bonchev–Trinajstić information content (AvgIpc) is 3.19. The second kappa shape index (κ2) is 8.02. The molecule has 0 radical (unpaired) electrons. The van der Waals surface area contributed by atoms with Crippen LogP contribution in [-0.4, -0.2) is 32.2 Å². The van der Waals surface area contributed by atoms with Crippen LogP contribution in [0.3, 0.4) is 0 Å². The van der Waals surface area contributed by atoms with E-state index in [2.05, 4.69) is 15.1 Å². The number of pyridine rings is 1. The van der Waals surface area contributed by atoms with E-state index in [1.54, 1.807) is 36.0 Å². The van der Waals surface area contributed by atoms with E-state index in [0.717, 1.165) is 5.56 Å². The molecule has 0 N–H and O–H groups in total. The molecule has 0 saturated carbocycles. The highest BCUT2D eigenvalue weighted by molar-refractivity contribution is 5.84. The minimum Gasteiger partial charge on any atom is -0.465 e. The van der Waals surface area contributed by atoms with Crippen molar-refractivity contribution in [1.82, 2.24) is 19.6 Å². The molecule has 4 aromatic rings. The number of aromatic nitrogens is 4. The minimum absolute atomic E-state index is 0.281. The first-order valence-electron chi connectivity index (χ1n) is 9.69. The lowest BCUT2D eigenvalue weighted by Crippen LogP contribution is -2.38. The molecule has 4 rings (SSSR count). The van der Waals surface area contributed by atoms with Gasteiger partial charge in [0.05, 0.1) is 18.5 Å². The van der Waals surface area contributed by atoms with Crippen LogP contribution in [-0.2, 0) is 21.4 Å². The monoisotopic (exact) mass is 404 g/mol. The zero-order valence-corrected chi connectivity index (χ0v) is 16.7. The minimum atomic E-state index is -0.983. The summed E-state index contributed by atoms with van der Waals surface area (Å²) in [5.74, 6) is -0.886. The number of esters is 1. The molecular formula is C23H21FN4O2. The molecule has 0 bridgehead atoms. The highest BCUT2D eigenvalue weighted by atomic mass is 19.1. The molecule has 0 fully saturated rings. The van der Waals surface area contributed by atoms with Gasteiger partial charge in [-0.2, -0.15) is 9.49 Å². The Morgan fingerprint density at radius 1 is 1.10 bits per heavy atom. The van der Waals surface area contributed by atoms with Gasteiger partial charge < -0.3 is 4.74 Å². The number of carbonyl (C=O) groups is 1. The number of fused-ring (bicyclic) bond motifs is 1. The molecular weight excluding hydrogens is 383 g/mol. The molecule has 0 aliphatic heterocycles. The smallest absolute Gasteiger partial charge is 0.318 e. The van der Waals surface area contributed by atoms with Gasteiger partial charge in [0.1, 0.15) is 5.41 Å². The SMILES string of the molecule is CCOC(=O)C(C)(Cc1ccccc1)c1ccnc2c(-c3ccc(F)nc3)cnn12. The van der Waals surface area contributed by atoms with Crippen LogP contribution in [0, 0.1) is 5.95 Å². The van der Waals surface area contributed by atoms with Gasteiger partial charge in [-0.25, -0.2) is 14.5 Å². The molecule has 0 amide bonds. The van der Waals surface area contributed by atoms with Crippen molar-refractivity contribution in [1.29, 1.82) is 0 Å². The van der Waals surface area contributed by atoms with Crippen molar-refractivity contribution < 1.29 is 13.9 Å². The van der Waals surface area contributed by atoms with Gasteiger partial charge in [0.2, 0.25) is 5.95 Å². The first-order valence-corrected chi connectivity index (χ1v) is 9.69. The Labute approximate surface area is 173 Å². The Morgan fingerprint density at radius 2 is 1.90 bits per heavy atom. The van der Waals surface area contributed by atoms with Crippen LogP contribution in [0.5, 0.6) is 0 Å². The van der Waals surface area contributed by atoms with E-state index in [1.807, 2.05) is 37.3 Å². The summed E-state index contributed by atoms with van der Waals surface area (Å²) in [6.07, 6.45) is 5.18. The van der Waals surface area contributed by atoms with Crippen LogP contribution in [0.2, 0.25) is 0 Å². The van der Waals surface area contributed by atoms with Crippen LogP contribution in [0.1, 0.15) is 25.1 Å². The van der Waals surface area contributed by atoms with E-state index in [4.69, 9.17) is 4.74 Å². The van der Waals surface area contributed by atoms with E-state index in [0.29, 0.717) is 28.9 Å². The van der Waals surface area contributed by atoms with E-state index in [9.17, 15) is 9.18 Å². The van der Waals surface area contributed by atoms with Crippen molar-refractivity contribution in [2.45, 2.75) is 25.7 Å². The summed E-state index contributed by atoms with van der Waals surface area (Å²) in [6.45, 7) is 3.92. The summed E-state index contributed by atoms with van der Waals surface area (Å²) in [7, 11) is 0. The number of hydrogen-bond acceptors (Lipinski definition) is 5. The molecule has 0 saturated heterocycles. The number of halogens is 1. The first-order chi connectivity index (χ1) is 14.5. The maximum Gasteiger partial charge on any atom is 0.318 e. The number of hydrogen-bond donors (Lipinski definition) is 0. The van der Waals surface area contributed by atoms with Gasteiger partial charge >= 0.3 is 5.97 Å². The Morgan fingerprint density at radius 3 is 2.60 bits per heavy atom. The van der Waals surface area contributed by atoms with Crippen LogP contribution in [0.15, 0.2) is 67.1 Å². The molecule has 1 aromatic carbocycles. The van der Waals surface area contributed by atoms with Crippen molar-refractivity contribution in [2.24, 2.45) is 0 Å². The maximum atomic E-state index is 13.2. The van der Waals surface area contributed by atoms with Gasteiger partial charge in [-0.1, -0.05) is 30.3 Å². The Hall–Kier alpha value is -3.61. The van der Waals surface area contributed by atoms with Crippen molar-refractivity contribution in [2.75, 3.05) is 6.61 Å². The summed E-state index contributed by atoms with van der Waals surface area (Å²) >= 11 is 0. The zero-order valence-electron chi connectivity index (χ0n) is 16.7. The Balaban J connectivity index is 1.85. The third kappa shape index (κ3) is 3.54. The number of rotatable bonds is 6. The summed E-state index contributed by atoms with van der Waals surface area (Å²) < 4.78 is 20.3. The van der Waals surface area contributed by atoms with Gasteiger partial charge in [-0.3, -0.25) is 4.79 Å². The second-order valence-corrected chi connectivity index (χ2v) is 7.21. The predicted molar refractivity (Wildman–Crippen MR) is 110 cm³/mol. The molecule has 0 aliphatic carbocycles. The fourth-order valence-electron chi connectivity index (χ4n) is 3.61. The molecule has 1 atom stereocenters. The first kappa shape index (κ1) is 19.7. The lowest BCUT2D eigenvalue weighted by atomic mass is 9.80. The van der Waals surface area contributed by atoms with Gasteiger partial charge in [0.25, 0.3) is 0 Å². The van der Waals surface area contributed by atoms with Crippen molar-refractivity contribution in [3.63, 3.8) is 0 Å². The van der Waals surface area contributed by atoms with E-state index < -0.39 is 11.4 Å². The van der Waals surface area contributed by atoms with Crippen LogP contribution in [0.4, 0.5) is 4.39 Å². The van der Waals surface area contributed by atoms with E-state index in [-0.39, 0.29) is 12.6 Å². The fraction of sp³-hybridized carbons (Fsp3) is 0.217. The highest BCUT2D eigenvalue weighted by Crippen LogP contribution is 2.32. The fourth-order valence-corrected chi connectivity index (χ4v) is 3.61. The highest BCUT2D eigenvalue weighted by Gasteiger charge is 2.39. The number of benzene rings is 1. The normalized spacial score (nSPS) is 13.2. The predicted octanol–water partition coefficient (Wildman–Crippen LogP) is 3.99. The summed E-state index contributed by atoms with van der Waals surface area (Å²) in [4.78, 5) is 21.3. The van der Waals surface area contributed by atoms with E-state index >= 15 is 0 Å². The third-order valence-corrected chi connectivity index (χ3v) is 5.13. The number of ether oxygens (including phenoxy) is 1. The van der Waals surface area contributed by atoms with Crippen LogP contribution < -0.4 is 0 Å². The summed E-state index contributed by atoms with van der Waals surface area (Å²) in [5, 5.41) is 4.49. The van der Waals surface area contributed by atoms with Gasteiger partial charge in [-0.15, -0.1) is 0 Å². The van der Waals surface area contributed by atoms with Crippen molar-refractivity contribution in [3.05, 3.63) is 84.3 Å². The number of nitrogens with zero attached hydrogens (tertiary/aromatic N) is 4. The third-order valence-electron chi connectivity index (χ3n) is 5.13. The van der Waals surface area contributed by atoms with E-state index in [1.165, 1.54) is 12.3 Å². The average molecular weight is 404 g/mol. The summed E-state index contributed by atoms with van der Waals surface area (Å²) in [6, 6.07) is 14.5. The molecule has 30 heavy (non-hydrogen) atoms. The number of carbonyl (C=O) groups excluding carboxylic acids is 1. The van der Waals surface area contributed by atoms with Crippen LogP contribution >= 0.6 is 0 Å². The molecule has 6 nitrogen and oxygen atoms in total. The zero-order chi connectivity index (χ0) is 21.1. The lowest BCUT2D eigenvalue weighted by molar-refractivity contribution is -0.149. The van der Waals surface area contributed by atoms with Crippen molar-refractivity contribution >= 4 is 11.6 Å². The molecule has 3 heterocycles. The lowest BCUT2D eigenvalue weighted by Gasteiger charge is -2.28. The Kier molecular flexibility index (Phi) is 5.27. The maximum absolute atomic E-state index is 13.2. The Bertz CT molecular complexity index is 1180. The molecule has 152 valence electrons. The summed E-state index contributed by atoms with van der Waals surface area (Å²) in [5.41, 5.74) is 2.64. The van der Waals surface area contributed by atoms with Crippen molar-refractivity contribution in [3.8, 4) is 11.1 Å². The quantitative estimate of drug-likeness (QED) is 0.359. The van der Waals surface area contributed by atoms with Gasteiger partial charge in [0, 0.05) is 23.5 Å². The molecule has 3 aromatic heterocycles. The molecule has 0 spiro atoms. The second-order valence-electron chi connectivity index (χ2n) is 7.21. The standard InChI is InChI=1S/C23H21FN4O2/c1-3-30-22(29)23(2,13-16-7-5-4-6-8-16)19-11-12-25-21-18(15-27-28(19)21)17-9-10-20(24)26-14-17/h4-12,14-15H,3,13H2,1-2H3. The molecule has 7 heteroatoms. The van der Waals surface area contributed by atoms with Crippen LogP contribution in [0.25, 0.3) is 16.8 Å². The largest absolute Gasteiger partial charge is 0.465 e. The molecule has 1 unspecified atom stereocenters. The molecule has 0 aliphatic rings.